The summed E-state index contributed by atoms with van der Waals surface area (Å²) >= 11 is 5.54. The van der Waals surface area contributed by atoms with Gasteiger partial charge in [0.25, 0.3) is 0 Å². The largest absolute Gasteiger partial charge is 0.377 e. The number of hydrogen-bond donors (Lipinski definition) is 1. The Morgan fingerprint density at radius 3 is 2.86 bits per heavy atom. The fraction of sp³-hybridized carbons (Fsp3) is 0.818. The van der Waals surface area contributed by atoms with E-state index in [0.717, 1.165) is 18.7 Å². The van der Waals surface area contributed by atoms with E-state index in [4.69, 9.17) is 22.1 Å². The number of nitrogens with two attached hydrogens (primary N) is 1. The summed E-state index contributed by atoms with van der Waals surface area (Å²) in [7, 11) is 0. The van der Waals surface area contributed by atoms with Crippen molar-refractivity contribution in [3.05, 3.63) is 11.1 Å². The molecule has 2 nitrogen and oxygen atoms in total. The maximum atomic E-state index is 5.69. The van der Waals surface area contributed by atoms with Crippen LogP contribution in [-0.2, 0) is 4.74 Å². The summed E-state index contributed by atoms with van der Waals surface area (Å²) in [5.74, 6) is 1.35. The molecule has 0 spiro atoms. The Kier molecular flexibility index (Phi) is 5.53. The highest BCUT2D eigenvalue weighted by Gasteiger charge is 2.25. The maximum Gasteiger partial charge on any atom is 0.0685 e. The summed E-state index contributed by atoms with van der Waals surface area (Å²) in [5, 5.41) is 0. The van der Waals surface area contributed by atoms with Crippen LogP contribution < -0.4 is 5.73 Å². The molecule has 2 N–H and O–H groups in total. The van der Waals surface area contributed by atoms with Gasteiger partial charge in [-0.25, -0.2) is 0 Å². The molecule has 0 amide bonds. The zero-order valence-corrected chi connectivity index (χ0v) is 9.59. The minimum atomic E-state index is 0.650. The molecule has 1 saturated carbocycles. The van der Waals surface area contributed by atoms with Crippen LogP contribution in [0.5, 0.6) is 0 Å². The standard InChI is InChI=1S/C11H20ClNO/c1-9(5-12)7-14-8-11-4-2-3-10(11)6-13/h5,10-11H,2-4,6-8,13H2,1H3. The first-order valence-electron chi connectivity index (χ1n) is 5.31. The van der Waals surface area contributed by atoms with E-state index in [9.17, 15) is 0 Å². The Morgan fingerprint density at radius 1 is 1.50 bits per heavy atom. The summed E-state index contributed by atoms with van der Waals surface area (Å²) in [6.07, 6.45) is 3.85. The first-order chi connectivity index (χ1) is 6.77. The van der Waals surface area contributed by atoms with Gasteiger partial charge in [-0.3, -0.25) is 0 Å². The Labute approximate surface area is 91.4 Å². The molecule has 3 heteroatoms. The van der Waals surface area contributed by atoms with Crippen molar-refractivity contribution in [2.45, 2.75) is 26.2 Å². The van der Waals surface area contributed by atoms with E-state index in [-0.39, 0.29) is 0 Å². The van der Waals surface area contributed by atoms with E-state index >= 15 is 0 Å². The van der Waals surface area contributed by atoms with Crippen LogP contribution in [0.3, 0.4) is 0 Å². The SMILES string of the molecule is CC(=CCl)COCC1CCCC1CN. The first kappa shape index (κ1) is 12.0. The van der Waals surface area contributed by atoms with E-state index in [1.807, 2.05) is 6.92 Å². The zero-order valence-electron chi connectivity index (χ0n) is 8.84. The lowest BCUT2D eigenvalue weighted by Gasteiger charge is -2.17. The second-order valence-electron chi connectivity index (χ2n) is 4.16. The van der Waals surface area contributed by atoms with Crippen LogP contribution in [0.4, 0.5) is 0 Å². The van der Waals surface area contributed by atoms with E-state index in [0.29, 0.717) is 18.4 Å². The molecule has 0 radical (unpaired) electrons. The van der Waals surface area contributed by atoms with Gasteiger partial charge in [-0.1, -0.05) is 18.0 Å². The van der Waals surface area contributed by atoms with E-state index in [1.165, 1.54) is 19.3 Å². The number of hydrogen-bond acceptors (Lipinski definition) is 2. The van der Waals surface area contributed by atoms with E-state index < -0.39 is 0 Å². The maximum absolute atomic E-state index is 5.69. The van der Waals surface area contributed by atoms with Crippen LogP contribution in [0.15, 0.2) is 11.1 Å². The Balaban J connectivity index is 2.17. The smallest absolute Gasteiger partial charge is 0.0685 e. The zero-order chi connectivity index (χ0) is 10.4. The molecule has 2 unspecified atom stereocenters. The highest BCUT2D eigenvalue weighted by atomic mass is 35.5. The Morgan fingerprint density at radius 2 is 2.21 bits per heavy atom. The molecular weight excluding hydrogens is 198 g/mol. The third-order valence-corrected chi connectivity index (χ3v) is 3.34. The Hall–Kier alpha value is -0.0500. The minimum Gasteiger partial charge on any atom is -0.377 e. The van der Waals surface area contributed by atoms with Crippen LogP contribution >= 0.6 is 11.6 Å². The molecule has 0 aromatic heterocycles. The molecule has 0 aromatic carbocycles. The third-order valence-electron chi connectivity index (χ3n) is 2.97. The normalized spacial score (nSPS) is 28.4. The average molecular weight is 218 g/mol. The monoisotopic (exact) mass is 217 g/mol. The lowest BCUT2D eigenvalue weighted by molar-refractivity contribution is 0.103. The topological polar surface area (TPSA) is 35.2 Å². The van der Waals surface area contributed by atoms with Crippen molar-refractivity contribution in [3.8, 4) is 0 Å². The minimum absolute atomic E-state index is 0.650. The van der Waals surface area contributed by atoms with E-state index in [2.05, 4.69) is 0 Å². The summed E-state index contributed by atoms with van der Waals surface area (Å²) in [6, 6.07) is 0. The van der Waals surface area contributed by atoms with Crippen LogP contribution in [-0.4, -0.2) is 19.8 Å². The highest BCUT2D eigenvalue weighted by Crippen LogP contribution is 2.30. The second-order valence-corrected chi connectivity index (χ2v) is 4.38. The quantitative estimate of drug-likeness (QED) is 0.768. The first-order valence-corrected chi connectivity index (χ1v) is 5.75. The van der Waals surface area contributed by atoms with Crippen molar-refractivity contribution in [2.24, 2.45) is 17.6 Å². The molecule has 14 heavy (non-hydrogen) atoms. The van der Waals surface area contributed by atoms with Crippen LogP contribution in [0, 0.1) is 11.8 Å². The van der Waals surface area contributed by atoms with Gasteiger partial charge in [-0.15, -0.1) is 0 Å². The average Bonchev–Trinajstić information content (AvgIpc) is 2.65. The van der Waals surface area contributed by atoms with Crippen molar-refractivity contribution in [1.29, 1.82) is 0 Å². The van der Waals surface area contributed by atoms with Gasteiger partial charge in [0.05, 0.1) is 13.2 Å². The molecule has 2 atom stereocenters. The lowest BCUT2D eigenvalue weighted by Crippen LogP contribution is -2.22. The predicted molar refractivity (Wildman–Crippen MR) is 60.3 cm³/mol. The van der Waals surface area contributed by atoms with E-state index in [1.54, 1.807) is 5.54 Å². The van der Waals surface area contributed by atoms with Gasteiger partial charge < -0.3 is 10.5 Å². The highest BCUT2D eigenvalue weighted by molar-refractivity contribution is 6.25. The van der Waals surface area contributed by atoms with Crippen molar-refractivity contribution in [3.63, 3.8) is 0 Å². The van der Waals surface area contributed by atoms with Gasteiger partial charge in [-0.05, 0) is 43.7 Å². The molecule has 82 valence electrons. The van der Waals surface area contributed by atoms with Gasteiger partial charge in [0.15, 0.2) is 0 Å². The molecule has 0 bridgehead atoms. The predicted octanol–water partition coefficient (Wildman–Crippen LogP) is 2.52. The fourth-order valence-corrected chi connectivity index (χ4v) is 2.11. The third kappa shape index (κ3) is 3.60. The van der Waals surface area contributed by atoms with Gasteiger partial charge in [0.1, 0.15) is 0 Å². The fourth-order valence-electron chi connectivity index (χ4n) is 2.05. The van der Waals surface area contributed by atoms with Crippen molar-refractivity contribution >= 4 is 11.6 Å². The molecule has 1 aliphatic rings. The lowest BCUT2D eigenvalue weighted by atomic mass is 9.97. The number of halogens is 1. The van der Waals surface area contributed by atoms with Crippen molar-refractivity contribution < 1.29 is 4.74 Å². The van der Waals surface area contributed by atoms with Crippen molar-refractivity contribution in [2.75, 3.05) is 19.8 Å². The molecule has 1 fully saturated rings. The van der Waals surface area contributed by atoms with Crippen LogP contribution in [0.25, 0.3) is 0 Å². The molecule has 0 saturated heterocycles. The Bertz CT molecular complexity index is 194. The van der Waals surface area contributed by atoms with Crippen LogP contribution in [0.1, 0.15) is 26.2 Å². The molecule has 1 rings (SSSR count). The van der Waals surface area contributed by atoms with Crippen molar-refractivity contribution in [1.82, 2.24) is 0 Å². The summed E-state index contributed by atoms with van der Waals surface area (Å²) in [5.41, 5.74) is 8.35. The molecule has 1 aliphatic carbocycles. The molecule has 0 heterocycles. The number of rotatable bonds is 5. The molecule has 0 aromatic rings. The van der Waals surface area contributed by atoms with Crippen LogP contribution in [0.2, 0.25) is 0 Å². The molecular formula is C11H20ClNO. The van der Waals surface area contributed by atoms with Gasteiger partial charge in [-0.2, -0.15) is 0 Å². The summed E-state index contributed by atoms with van der Waals surface area (Å²) in [4.78, 5) is 0. The summed E-state index contributed by atoms with van der Waals surface area (Å²) in [6.45, 7) is 4.27. The van der Waals surface area contributed by atoms with Gasteiger partial charge >= 0.3 is 0 Å². The summed E-state index contributed by atoms with van der Waals surface area (Å²) < 4.78 is 5.59. The molecule has 0 aliphatic heterocycles. The van der Waals surface area contributed by atoms with Gasteiger partial charge in [0.2, 0.25) is 0 Å². The second kappa shape index (κ2) is 6.44. The number of ether oxygens (including phenoxy) is 1. The van der Waals surface area contributed by atoms with Gasteiger partial charge in [0, 0.05) is 5.54 Å².